The Morgan fingerprint density at radius 3 is 2.68 bits per heavy atom. The summed E-state index contributed by atoms with van der Waals surface area (Å²) in [7, 11) is 1.90. The van der Waals surface area contributed by atoms with Crippen molar-refractivity contribution < 1.29 is 9.90 Å². The Hall–Kier alpha value is -1.39. The van der Waals surface area contributed by atoms with Crippen molar-refractivity contribution in [2.75, 3.05) is 25.1 Å². The maximum atomic E-state index is 12.5. The molecule has 1 aliphatic rings. The van der Waals surface area contributed by atoms with Crippen LogP contribution in [0.5, 0.6) is 0 Å². The highest BCUT2D eigenvalue weighted by molar-refractivity contribution is 5.98. The summed E-state index contributed by atoms with van der Waals surface area (Å²) in [5.74, 6) is -0.0325. The minimum Gasteiger partial charge on any atom is -0.394 e. The maximum absolute atomic E-state index is 12.5. The van der Waals surface area contributed by atoms with Crippen molar-refractivity contribution in [1.82, 2.24) is 4.90 Å². The van der Waals surface area contributed by atoms with E-state index in [0.717, 1.165) is 11.3 Å². The third-order valence-electron chi connectivity index (χ3n) is 4.00. The highest BCUT2D eigenvalue weighted by atomic mass is 16.3. The van der Waals surface area contributed by atoms with E-state index in [-0.39, 0.29) is 18.1 Å². The summed E-state index contributed by atoms with van der Waals surface area (Å²) in [5, 5.41) is 9.49. The zero-order valence-corrected chi connectivity index (χ0v) is 12.1. The molecule has 104 valence electrons. The molecule has 19 heavy (non-hydrogen) atoms. The lowest BCUT2D eigenvalue weighted by atomic mass is 9.94. The Morgan fingerprint density at radius 2 is 2.11 bits per heavy atom. The monoisotopic (exact) mass is 262 g/mol. The summed E-state index contributed by atoms with van der Waals surface area (Å²) < 4.78 is 0. The summed E-state index contributed by atoms with van der Waals surface area (Å²) in [4.78, 5) is 16.2. The van der Waals surface area contributed by atoms with Gasteiger partial charge >= 0.3 is 0 Å². The minimum atomic E-state index is -0.468. The van der Waals surface area contributed by atoms with E-state index in [9.17, 15) is 9.90 Å². The van der Waals surface area contributed by atoms with Gasteiger partial charge in [0.15, 0.2) is 0 Å². The van der Waals surface area contributed by atoms with Gasteiger partial charge in [0.05, 0.1) is 6.61 Å². The Morgan fingerprint density at radius 1 is 1.42 bits per heavy atom. The second kappa shape index (κ2) is 4.94. The van der Waals surface area contributed by atoms with Gasteiger partial charge < -0.3 is 10.0 Å². The summed E-state index contributed by atoms with van der Waals surface area (Å²) in [6.45, 7) is 6.66. The van der Waals surface area contributed by atoms with Crippen LogP contribution in [-0.4, -0.2) is 47.7 Å². The van der Waals surface area contributed by atoms with Gasteiger partial charge in [0.25, 0.3) is 0 Å². The molecule has 1 atom stereocenters. The van der Waals surface area contributed by atoms with Crippen LogP contribution in [0.15, 0.2) is 24.3 Å². The van der Waals surface area contributed by atoms with Crippen molar-refractivity contribution in [2.24, 2.45) is 0 Å². The van der Waals surface area contributed by atoms with Gasteiger partial charge in [-0.15, -0.1) is 0 Å². The van der Waals surface area contributed by atoms with Crippen LogP contribution in [0.2, 0.25) is 0 Å². The van der Waals surface area contributed by atoms with E-state index < -0.39 is 6.04 Å². The second-order valence-electron chi connectivity index (χ2n) is 5.89. The molecule has 0 bridgehead atoms. The second-order valence-corrected chi connectivity index (χ2v) is 5.89. The maximum Gasteiger partial charge on any atom is 0.246 e. The number of rotatable bonds is 2. The van der Waals surface area contributed by atoms with Crippen LogP contribution in [0.4, 0.5) is 5.69 Å². The molecule has 4 nitrogen and oxygen atoms in total. The van der Waals surface area contributed by atoms with E-state index in [1.165, 1.54) is 0 Å². The lowest BCUT2D eigenvalue weighted by Crippen LogP contribution is -2.66. The van der Waals surface area contributed by atoms with Crippen LogP contribution < -0.4 is 4.90 Å². The van der Waals surface area contributed by atoms with Crippen molar-refractivity contribution in [3.05, 3.63) is 29.8 Å². The molecule has 1 heterocycles. The summed E-state index contributed by atoms with van der Waals surface area (Å²) in [5.41, 5.74) is 1.87. The predicted octanol–water partition coefficient (Wildman–Crippen LogP) is 1.41. The van der Waals surface area contributed by atoms with Gasteiger partial charge in [-0.1, -0.05) is 12.1 Å². The minimum absolute atomic E-state index is 0.0325. The zero-order valence-electron chi connectivity index (χ0n) is 12.1. The van der Waals surface area contributed by atoms with Crippen molar-refractivity contribution in [3.63, 3.8) is 0 Å². The summed E-state index contributed by atoms with van der Waals surface area (Å²) >= 11 is 0. The average molecular weight is 262 g/mol. The van der Waals surface area contributed by atoms with E-state index in [2.05, 4.69) is 13.8 Å². The van der Waals surface area contributed by atoms with Crippen molar-refractivity contribution in [2.45, 2.75) is 32.4 Å². The third-order valence-corrected chi connectivity index (χ3v) is 4.00. The topological polar surface area (TPSA) is 43.8 Å². The Balaban J connectivity index is 2.38. The van der Waals surface area contributed by atoms with Crippen LogP contribution in [0.3, 0.4) is 0 Å². The molecule has 0 aliphatic carbocycles. The first-order valence-electron chi connectivity index (χ1n) is 6.58. The zero-order chi connectivity index (χ0) is 14.2. The van der Waals surface area contributed by atoms with Gasteiger partial charge in [-0.25, -0.2) is 0 Å². The first-order valence-corrected chi connectivity index (χ1v) is 6.58. The molecule has 1 aliphatic heterocycles. The van der Waals surface area contributed by atoms with Crippen LogP contribution in [0.25, 0.3) is 0 Å². The fourth-order valence-corrected chi connectivity index (χ4v) is 2.56. The number of aliphatic hydroxyl groups is 1. The number of likely N-dealkylation sites (N-methyl/N-ethyl adjacent to an activating group) is 1. The van der Waals surface area contributed by atoms with Gasteiger partial charge in [-0.05, 0) is 45.5 Å². The van der Waals surface area contributed by atoms with Crippen molar-refractivity contribution in [3.8, 4) is 0 Å². The summed E-state index contributed by atoms with van der Waals surface area (Å²) in [6, 6.07) is 7.45. The molecule has 0 radical (unpaired) electrons. The fraction of sp³-hybridized carbons (Fsp3) is 0.533. The number of carbonyl (C=O) groups is 1. The Kier molecular flexibility index (Phi) is 3.65. The average Bonchev–Trinajstić information content (AvgIpc) is 2.35. The Bertz CT molecular complexity index is 485. The van der Waals surface area contributed by atoms with Gasteiger partial charge in [0, 0.05) is 17.8 Å². The lowest BCUT2D eigenvalue weighted by molar-refractivity contribution is -0.131. The number of piperazine rings is 1. The highest BCUT2D eigenvalue weighted by Crippen LogP contribution is 2.28. The normalized spacial score (nSPS) is 23.7. The molecule has 4 heteroatoms. The molecular weight excluding hydrogens is 240 g/mol. The predicted molar refractivity (Wildman–Crippen MR) is 76.2 cm³/mol. The molecule has 1 unspecified atom stereocenters. The van der Waals surface area contributed by atoms with Gasteiger partial charge in [-0.3, -0.25) is 9.69 Å². The van der Waals surface area contributed by atoms with Crippen LogP contribution in [0, 0.1) is 6.92 Å². The molecule has 0 spiro atoms. The number of aryl methyl sites for hydroxylation is 1. The van der Waals surface area contributed by atoms with E-state index in [4.69, 9.17) is 0 Å². The number of benzene rings is 1. The van der Waals surface area contributed by atoms with Gasteiger partial charge in [0.1, 0.15) is 6.04 Å². The summed E-state index contributed by atoms with van der Waals surface area (Å²) in [6.07, 6.45) is 0. The molecule has 1 saturated heterocycles. The molecule has 1 N–H and O–H groups in total. The molecule has 0 aromatic heterocycles. The molecule has 2 rings (SSSR count). The van der Waals surface area contributed by atoms with Crippen molar-refractivity contribution >= 4 is 11.6 Å². The van der Waals surface area contributed by atoms with Gasteiger partial charge in [0.2, 0.25) is 5.91 Å². The molecule has 1 aromatic carbocycles. The molecule has 0 saturated carbocycles. The van der Waals surface area contributed by atoms with E-state index in [1.807, 2.05) is 43.1 Å². The molecule has 1 amide bonds. The fourth-order valence-electron chi connectivity index (χ4n) is 2.56. The quantitative estimate of drug-likeness (QED) is 0.876. The number of aliphatic hydroxyl groups excluding tert-OH is 1. The van der Waals surface area contributed by atoms with Crippen LogP contribution >= 0.6 is 0 Å². The Labute approximate surface area is 114 Å². The number of nitrogens with zero attached hydrogens (tertiary/aromatic N) is 2. The third kappa shape index (κ3) is 2.51. The van der Waals surface area contributed by atoms with E-state index >= 15 is 0 Å². The van der Waals surface area contributed by atoms with Crippen molar-refractivity contribution in [1.29, 1.82) is 0 Å². The number of carbonyl (C=O) groups excluding carboxylic acids is 1. The van der Waals surface area contributed by atoms with E-state index in [1.54, 1.807) is 4.90 Å². The number of anilines is 1. The first-order chi connectivity index (χ1) is 8.86. The number of amides is 1. The first kappa shape index (κ1) is 14.0. The molecular formula is C15H22N2O2. The highest BCUT2D eigenvalue weighted by Gasteiger charge is 2.43. The molecule has 1 aromatic rings. The largest absolute Gasteiger partial charge is 0.394 e. The molecule has 1 fully saturated rings. The standard InChI is InChI=1S/C15H22N2O2/c1-11-6-5-7-12(8-11)17-10-15(2,3)16(4)13(9-18)14(17)19/h5-8,13,18H,9-10H2,1-4H3. The van der Waals surface area contributed by atoms with Gasteiger partial charge in [-0.2, -0.15) is 0 Å². The number of hydrogen-bond acceptors (Lipinski definition) is 3. The lowest BCUT2D eigenvalue weighted by Gasteiger charge is -2.48. The van der Waals surface area contributed by atoms with E-state index in [0.29, 0.717) is 6.54 Å². The smallest absolute Gasteiger partial charge is 0.246 e. The number of hydrogen-bond donors (Lipinski definition) is 1. The SMILES string of the molecule is Cc1cccc(N2CC(C)(C)N(C)C(CO)C2=O)c1. The van der Waals surface area contributed by atoms with Crippen LogP contribution in [-0.2, 0) is 4.79 Å². The van der Waals surface area contributed by atoms with Crippen LogP contribution in [0.1, 0.15) is 19.4 Å².